The van der Waals surface area contributed by atoms with Crippen LogP contribution in [0.15, 0.2) is 58.3 Å². The third-order valence-electron chi connectivity index (χ3n) is 4.11. The van der Waals surface area contributed by atoms with Crippen LogP contribution in [0.1, 0.15) is 21.7 Å². The van der Waals surface area contributed by atoms with Crippen molar-refractivity contribution in [1.82, 2.24) is 9.78 Å². The molecule has 0 fully saturated rings. The summed E-state index contributed by atoms with van der Waals surface area (Å²) in [4.78, 5) is 24.6. The van der Waals surface area contributed by atoms with Crippen molar-refractivity contribution in [2.75, 3.05) is 6.61 Å². The number of carbonyl (C=O) groups is 1. The Bertz CT molecular complexity index is 1010. The van der Waals surface area contributed by atoms with E-state index in [9.17, 15) is 14.9 Å². The van der Waals surface area contributed by atoms with E-state index in [1.54, 1.807) is 12.1 Å². The molecule has 3 aromatic rings. The number of carbonyl (C=O) groups excluding carboxylic acids is 1. The molecule has 1 heterocycles. The van der Waals surface area contributed by atoms with E-state index in [0.29, 0.717) is 17.1 Å². The fourth-order valence-electron chi connectivity index (χ4n) is 2.61. The first-order chi connectivity index (χ1) is 13.3. The summed E-state index contributed by atoms with van der Waals surface area (Å²) in [5.74, 6) is 0.359. The molecule has 0 aliphatic carbocycles. The highest BCUT2D eigenvalue weighted by molar-refractivity contribution is 7.99. The summed E-state index contributed by atoms with van der Waals surface area (Å²) in [5.41, 5.74) is 2.57. The first-order valence-electron chi connectivity index (χ1n) is 8.56. The fourth-order valence-corrected chi connectivity index (χ4v) is 3.54. The van der Waals surface area contributed by atoms with Crippen molar-refractivity contribution >= 4 is 23.4 Å². The molecule has 0 saturated carbocycles. The smallest absolute Gasteiger partial charge is 0.285 e. The van der Waals surface area contributed by atoms with E-state index in [2.05, 4.69) is 5.10 Å². The molecule has 2 aromatic carbocycles. The summed E-state index contributed by atoms with van der Waals surface area (Å²) in [7, 11) is 0. The molecule has 0 aliphatic rings. The molecule has 0 saturated heterocycles. The van der Waals surface area contributed by atoms with Crippen molar-refractivity contribution in [3.8, 4) is 5.75 Å². The molecular weight excluding hydrogens is 378 g/mol. The topological polar surface area (TPSA) is 87.3 Å². The van der Waals surface area contributed by atoms with Crippen LogP contribution in [0.4, 0.5) is 5.69 Å². The highest BCUT2D eigenvalue weighted by atomic mass is 32.2. The number of hydrogen-bond donors (Lipinski definition) is 0. The highest BCUT2D eigenvalue weighted by Crippen LogP contribution is 2.33. The van der Waals surface area contributed by atoms with Gasteiger partial charge in [0.25, 0.3) is 11.6 Å². The fraction of sp³-hybridized carbons (Fsp3) is 0.200. The van der Waals surface area contributed by atoms with Crippen LogP contribution in [0, 0.1) is 30.9 Å². The monoisotopic (exact) mass is 397 g/mol. The van der Waals surface area contributed by atoms with Crippen molar-refractivity contribution in [1.29, 1.82) is 0 Å². The number of non-ortho nitro benzene ring substituents is 1. The van der Waals surface area contributed by atoms with Crippen LogP contribution in [0.25, 0.3) is 0 Å². The van der Waals surface area contributed by atoms with Crippen LogP contribution in [0.2, 0.25) is 0 Å². The number of rotatable bonds is 6. The summed E-state index contributed by atoms with van der Waals surface area (Å²) < 4.78 is 6.90. The van der Waals surface area contributed by atoms with Gasteiger partial charge in [-0.05, 0) is 45.0 Å². The van der Waals surface area contributed by atoms with E-state index in [0.717, 1.165) is 15.4 Å². The Labute approximate surface area is 166 Å². The number of nitrogens with zero attached hydrogens (tertiary/aromatic N) is 3. The molecule has 1 aromatic heterocycles. The number of aromatic nitrogens is 2. The number of benzene rings is 2. The van der Waals surface area contributed by atoms with Gasteiger partial charge in [-0.25, -0.2) is 4.68 Å². The van der Waals surface area contributed by atoms with Crippen LogP contribution in [0.5, 0.6) is 5.75 Å². The number of ether oxygens (including phenoxy) is 1. The van der Waals surface area contributed by atoms with E-state index in [1.807, 2.05) is 45.0 Å². The minimum absolute atomic E-state index is 0.0388. The van der Waals surface area contributed by atoms with E-state index in [4.69, 9.17) is 4.74 Å². The summed E-state index contributed by atoms with van der Waals surface area (Å²) in [6.07, 6.45) is 0. The largest absolute Gasteiger partial charge is 0.484 e. The average Bonchev–Trinajstić information content (AvgIpc) is 2.96. The normalized spacial score (nSPS) is 10.7. The molecule has 28 heavy (non-hydrogen) atoms. The van der Waals surface area contributed by atoms with Crippen molar-refractivity contribution in [3.63, 3.8) is 0 Å². The molecule has 8 heteroatoms. The van der Waals surface area contributed by atoms with Crippen LogP contribution < -0.4 is 4.74 Å². The molecule has 3 rings (SSSR count). The standard InChI is InChI=1S/C20H19N3O4S/c1-13-4-8-17(9-5-13)27-12-19(24)22-15(3)20(14(2)21-22)28-18-10-6-16(7-11-18)23(25)26/h4-11H,12H2,1-3H3. The summed E-state index contributed by atoms with van der Waals surface area (Å²) in [6.45, 7) is 5.50. The molecule has 0 atom stereocenters. The maximum Gasteiger partial charge on any atom is 0.285 e. The molecule has 0 bridgehead atoms. The molecule has 0 radical (unpaired) electrons. The molecule has 0 aliphatic heterocycles. The van der Waals surface area contributed by atoms with Gasteiger partial charge in [-0.3, -0.25) is 14.9 Å². The molecule has 144 valence electrons. The third kappa shape index (κ3) is 4.40. The second-order valence-electron chi connectivity index (χ2n) is 6.26. The van der Waals surface area contributed by atoms with E-state index >= 15 is 0 Å². The maximum atomic E-state index is 12.5. The molecule has 0 amide bonds. The van der Waals surface area contributed by atoms with Gasteiger partial charge in [0.05, 0.1) is 21.2 Å². The second kappa shape index (κ2) is 8.26. The predicted octanol–water partition coefficient (Wildman–Crippen LogP) is 4.59. The van der Waals surface area contributed by atoms with Gasteiger partial charge in [0, 0.05) is 17.0 Å². The quantitative estimate of drug-likeness (QED) is 0.447. The van der Waals surface area contributed by atoms with Crippen molar-refractivity contribution in [3.05, 3.63) is 75.6 Å². The first-order valence-corrected chi connectivity index (χ1v) is 9.38. The zero-order valence-electron chi connectivity index (χ0n) is 15.7. The lowest BCUT2D eigenvalue weighted by molar-refractivity contribution is -0.384. The van der Waals surface area contributed by atoms with Gasteiger partial charge < -0.3 is 4.74 Å². The number of nitro benzene ring substituents is 1. The zero-order valence-corrected chi connectivity index (χ0v) is 16.5. The van der Waals surface area contributed by atoms with Gasteiger partial charge in [0.1, 0.15) is 5.75 Å². The van der Waals surface area contributed by atoms with Crippen LogP contribution in [-0.4, -0.2) is 27.2 Å². The Morgan fingerprint density at radius 1 is 1.11 bits per heavy atom. The lowest BCUT2D eigenvalue weighted by atomic mass is 10.2. The van der Waals surface area contributed by atoms with Crippen molar-refractivity contribution < 1.29 is 14.5 Å². The lowest BCUT2D eigenvalue weighted by Gasteiger charge is -2.07. The Kier molecular flexibility index (Phi) is 5.79. The van der Waals surface area contributed by atoms with E-state index in [1.165, 1.54) is 28.6 Å². The van der Waals surface area contributed by atoms with Gasteiger partial charge in [0.15, 0.2) is 6.61 Å². The summed E-state index contributed by atoms with van der Waals surface area (Å²) in [6, 6.07) is 13.8. The van der Waals surface area contributed by atoms with Crippen LogP contribution in [0.3, 0.4) is 0 Å². The van der Waals surface area contributed by atoms with Crippen molar-refractivity contribution in [2.45, 2.75) is 30.6 Å². The summed E-state index contributed by atoms with van der Waals surface area (Å²) in [5, 5.41) is 15.1. The third-order valence-corrected chi connectivity index (χ3v) is 5.41. The molecule has 0 spiro atoms. The first kappa shape index (κ1) is 19.6. The van der Waals surface area contributed by atoms with Gasteiger partial charge >= 0.3 is 0 Å². The Hall–Kier alpha value is -3.13. The lowest BCUT2D eigenvalue weighted by Crippen LogP contribution is -2.21. The van der Waals surface area contributed by atoms with Gasteiger partial charge in [-0.2, -0.15) is 5.10 Å². The van der Waals surface area contributed by atoms with Gasteiger partial charge in [-0.15, -0.1) is 0 Å². The SMILES string of the molecule is Cc1ccc(OCC(=O)n2nc(C)c(Sc3ccc([N+](=O)[O-])cc3)c2C)cc1. The Balaban J connectivity index is 1.72. The predicted molar refractivity (Wildman–Crippen MR) is 106 cm³/mol. The minimum Gasteiger partial charge on any atom is -0.484 e. The van der Waals surface area contributed by atoms with E-state index in [-0.39, 0.29) is 18.2 Å². The highest BCUT2D eigenvalue weighted by Gasteiger charge is 2.18. The van der Waals surface area contributed by atoms with Gasteiger partial charge in [-0.1, -0.05) is 29.5 Å². The van der Waals surface area contributed by atoms with Gasteiger partial charge in [0.2, 0.25) is 0 Å². The summed E-state index contributed by atoms with van der Waals surface area (Å²) >= 11 is 1.42. The van der Waals surface area contributed by atoms with Crippen LogP contribution in [-0.2, 0) is 0 Å². The number of hydrogen-bond acceptors (Lipinski definition) is 6. The number of aryl methyl sites for hydroxylation is 2. The minimum atomic E-state index is -0.435. The van der Waals surface area contributed by atoms with E-state index < -0.39 is 4.92 Å². The zero-order chi connectivity index (χ0) is 20.3. The van der Waals surface area contributed by atoms with Crippen LogP contribution >= 0.6 is 11.8 Å². The number of nitro groups is 1. The molecular formula is C20H19N3O4S. The average molecular weight is 397 g/mol. The molecule has 0 N–H and O–H groups in total. The molecule has 0 unspecified atom stereocenters. The second-order valence-corrected chi connectivity index (χ2v) is 7.34. The Morgan fingerprint density at radius 3 is 2.36 bits per heavy atom. The molecule has 7 nitrogen and oxygen atoms in total. The van der Waals surface area contributed by atoms with Crippen molar-refractivity contribution in [2.24, 2.45) is 0 Å². The maximum absolute atomic E-state index is 12.5. The Morgan fingerprint density at radius 2 is 1.75 bits per heavy atom.